The van der Waals surface area contributed by atoms with Crippen molar-refractivity contribution in [3.05, 3.63) is 34.3 Å². The van der Waals surface area contributed by atoms with Crippen LogP contribution < -0.4 is 0 Å². The van der Waals surface area contributed by atoms with E-state index in [-0.39, 0.29) is 6.10 Å². The summed E-state index contributed by atoms with van der Waals surface area (Å²) in [5.41, 5.74) is 1.26. The van der Waals surface area contributed by atoms with Crippen LogP contribution in [0.15, 0.2) is 28.7 Å². The second-order valence-electron chi connectivity index (χ2n) is 2.98. The Morgan fingerprint density at radius 3 is 2.67 bits per heavy atom. The average Bonchev–Trinajstić information content (AvgIpc) is 2.03. The van der Waals surface area contributed by atoms with Crippen LogP contribution in [-0.4, -0.2) is 11.2 Å². The number of aryl methyl sites for hydroxylation is 1. The number of aliphatic hydroxyl groups is 1. The number of hydrogen-bond donors (Lipinski definition) is 1. The van der Waals surface area contributed by atoms with Crippen molar-refractivity contribution < 1.29 is 5.11 Å². The lowest BCUT2D eigenvalue weighted by Gasteiger charge is -2.05. The molecule has 0 radical (unpaired) electrons. The van der Waals surface area contributed by atoms with E-state index >= 15 is 0 Å². The smallest absolute Gasteiger partial charge is 0.0515 e. The summed E-state index contributed by atoms with van der Waals surface area (Å²) in [4.78, 5) is 0. The SMILES string of the molecule is CC(O)CCc1ccccc1Br. The summed E-state index contributed by atoms with van der Waals surface area (Å²) >= 11 is 3.46. The van der Waals surface area contributed by atoms with Gasteiger partial charge in [0.1, 0.15) is 0 Å². The maximum Gasteiger partial charge on any atom is 0.0515 e. The molecular formula is C10H13BrO. The molecule has 0 amide bonds. The minimum Gasteiger partial charge on any atom is -0.393 e. The van der Waals surface area contributed by atoms with Crippen molar-refractivity contribution in [3.8, 4) is 0 Å². The molecule has 0 saturated carbocycles. The summed E-state index contributed by atoms with van der Waals surface area (Å²) in [5.74, 6) is 0. The molecule has 0 heterocycles. The Balaban J connectivity index is 2.57. The highest BCUT2D eigenvalue weighted by Crippen LogP contribution is 2.17. The molecule has 2 heteroatoms. The Kier molecular flexibility index (Phi) is 3.76. The van der Waals surface area contributed by atoms with Gasteiger partial charge in [-0.05, 0) is 31.4 Å². The molecule has 0 saturated heterocycles. The molecule has 0 aromatic heterocycles. The van der Waals surface area contributed by atoms with Gasteiger partial charge in [0.15, 0.2) is 0 Å². The van der Waals surface area contributed by atoms with Gasteiger partial charge in [-0.2, -0.15) is 0 Å². The third kappa shape index (κ3) is 2.95. The highest BCUT2D eigenvalue weighted by molar-refractivity contribution is 9.10. The van der Waals surface area contributed by atoms with E-state index in [0.717, 1.165) is 17.3 Å². The minimum atomic E-state index is -0.211. The summed E-state index contributed by atoms with van der Waals surface area (Å²) in [6, 6.07) is 8.11. The largest absolute Gasteiger partial charge is 0.393 e. The number of rotatable bonds is 3. The fourth-order valence-corrected chi connectivity index (χ4v) is 1.55. The van der Waals surface area contributed by atoms with E-state index in [2.05, 4.69) is 22.0 Å². The lowest BCUT2D eigenvalue weighted by molar-refractivity contribution is 0.185. The zero-order valence-electron chi connectivity index (χ0n) is 7.13. The maximum atomic E-state index is 9.09. The normalized spacial score (nSPS) is 12.9. The standard InChI is InChI=1S/C10H13BrO/c1-8(12)6-7-9-4-2-3-5-10(9)11/h2-5,8,12H,6-7H2,1H3. The van der Waals surface area contributed by atoms with Crippen LogP contribution in [-0.2, 0) is 6.42 Å². The molecule has 0 aliphatic carbocycles. The van der Waals surface area contributed by atoms with E-state index in [0.29, 0.717) is 0 Å². The third-order valence-corrected chi connectivity index (χ3v) is 2.56. The van der Waals surface area contributed by atoms with E-state index in [1.54, 1.807) is 0 Å². The van der Waals surface area contributed by atoms with Crippen molar-refractivity contribution in [2.24, 2.45) is 0 Å². The third-order valence-electron chi connectivity index (χ3n) is 1.79. The van der Waals surface area contributed by atoms with Gasteiger partial charge in [0, 0.05) is 4.47 Å². The predicted molar refractivity (Wildman–Crippen MR) is 54.1 cm³/mol. The number of benzene rings is 1. The first-order chi connectivity index (χ1) is 5.70. The van der Waals surface area contributed by atoms with Gasteiger partial charge in [-0.3, -0.25) is 0 Å². The van der Waals surface area contributed by atoms with Crippen molar-refractivity contribution in [1.29, 1.82) is 0 Å². The Bertz CT molecular complexity index is 245. The molecular weight excluding hydrogens is 216 g/mol. The van der Waals surface area contributed by atoms with Crippen LogP contribution in [0, 0.1) is 0 Å². The summed E-state index contributed by atoms with van der Waals surface area (Å²) in [5, 5.41) is 9.09. The first-order valence-corrected chi connectivity index (χ1v) is 4.91. The Morgan fingerprint density at radius 1 is 1.42 bits per heavy atom. The van der Waals surface area contributed by atoms with Gasteiger partial charge in [0.2, 0.25) is 0 Å². The van der Waals surface area contributed by atoms with Gasteiger partial charge in [-0.1, -0.05) is 34.1 Å². The average molecular weight is 229 g/mol. The summed E-state index contributed by atoms with van der Waals surface area (Å²) in [6.07, 6.45) is 1.54. The fraction of sp³-hybridized carbons (Fsp3) is 0.400. The minimum absolute atomic E-state index is 0.211. The summed E-state index contributed by atoms with van der Waals surface area (Å²) in [6.45, 7) is 1.82. The van der Waals surface area contributed by atoms with E-state index in [1.165, 1.54) is 5.56 Å². The predicted octanol–water partition coefficient (Wildman–Crippen LogP) is 2.76. The highest BCUT2D eigenvalue weighted by Gasteiger charge is 2.00. The second kappa shape index (κ2) is 4.63. The summed E-state index contributed by atoms with van der Waals surface area (Å²) < 4.78 is 1.13. The molecule has 0 aliphatic rings. The fourth-order valence-electron chi connectivity index (χ4n) is 1.07. The van der Waals surface area contributed by atoms with E-state index in [9.17, 15) is 0 Å². The number of hydrogen-bond acceptors (Lipinski definition) is 1. The van der Waals surface area contributed by atoms with Gasteiger partial charge in [0.25, 0.3) is 0 Å². The molecule has 1 nitrogen and oxygen atoms in total. The molecule has 1 aromatic rings. The lowest BCUT2D eigenvalue weighted by Crippen LogP contribution is -2.01. The van der Waals surface area contributed by atoms with Crippen LogP contribution in [0.4, 0.5) is 0 Å². The van der Waals surface area contributed by atoms with Gasteiger partial charge in [-0.25, -0.2) is 0 Å². The van der Waals surface area contributed by atoms with Crippen LogP contribution in [0.5, 0.6) is 0 Å². The number of aliphatic hydroxyl groups excluding tert-OH is 1. The molecule has 12 heavy (non-hydrogen) atoms. The van der Waals surface area contributed by atoms with Gasteiger partial charge in [0.05, 0.1) is 6.10 Å². The first kappa shape index (κ1) is 9.75. The maximum absolute atomic E-state index is 9.09. The molecule has 1 aromatic carbocycles. The Labute approximate surface area is 81.6 Å². The van der Waals surface area contributed by atoms with Gasteiger partial charge in [-0.15, -0.1) is 0 Å². The van der Waals surface area contributed by atoms with Crippen molar-refractivity contribution in [3.63, 3.8) is 0 Å². The molecule has 0 fully saturated rings. The van der Waals surface area contributed by atoms with Crippen molar-refractivity contribution >= 4 is 15.9 Å². The molecule has 1 rings (SSSR count). The van der Waals surface area contributed by atoms with E-state index in [4.69, 9.17) is 5.11 Å². The summed E-state index contributed by atoms with van der Waals surface area (Å²) in [7, 11) is 0. The van der Waals surface area contributed by atoms with Crippen molar-refractivity contribution in [2.45, 2.75) is 25.9 Å². The monoisotopic (exact) mass is 228 g/mol. The van der Waals surface area contributed by atoms with Crippen LogP contribution in [0.1, 0.15) is 18.9 Å². The van der Waals surface area contributed by atoms with Crippen LogP contribution in [0.2, 0.25) is 0 Å². The molecule has 0 spiro atoms. The molecule has 1 N–H and O–H groups in total. The highest BCUT2D eigenvalue weighted by atomic mass is 79.9. The van der Waals surface area contributed by atoms with Gasteiger partial charge >= 0.3 is 0 Å². The van der Waals surface area contributed by atoms with Crippen molar-refractivity contribution in [2.75, 3.05) is 0 Å². The van der Waals surface area contributed by atoms with Crippen LogP contribution in [0.3, 0.4) is 0 Å². The van der Waals surface area contributed by atoms with E-state index in [1.807, 2.05) is 25.1 Å². The number of halogens is 1. The zero-order valence-corrected chi connectivity index (χ0v) is 8.71. The molecule has 0 bridgehead atoms. The first-order valence-electron chi connectivity index (χ1n) is 4.11. The Morgan fingerprint density at radius 2 is 2.08 bits per heavy atom. The molecule has 1 unspecified atom stereocenters. The Hall–Kier alpha value is -0.340. The van der Waals surface area contributed by atoms with Crippen LogP contribution in [0.25, 0.3) is 0 Å². The lowest BCUT2D eigenvalue weighted by atomic mass is 10.1. The quantitative estimate of drug-likeness (QED) is 0.844. The second-order valence-corrected chi connectivity index (χ2v) is 3.83. The molecule has 0 aliphatic heterocycles. The molecule has 66 valence electrons. The topological polar surface area (TPSA) is 20.2 Å². The van der Waals surface area contributed by atoms with Crippen molar-refractivity contribution in [1.82, 2.24) is 0 Å². The van der Waals surface area contributed by atoms with E-state index < -0.39 is 0 Å². The zero-order chi connectivity index (χ0) is 8.97. The molecule has 1 atom stereocenters. The van der Waals surface area contributed by atoms with Crippen LogP contribution >= 0.6 is 15.9 Å². The van der Waals surface area contributed by atoms with Gasteiger partial charge < -0.3 is 5.11 Å².